The molecule has 0 aliphatic rings. The first-order valence-corrected chi connectivity index (χ1v) is 7.74. The molecule has 0 aliphatic carbocycles. The topological polar surface area (TPSA) is 37.8 Å². The fourth-order valence-electron chi connectivity index (χ4n) is 2.16. The minimum Gasteiger partial charge on any atom is -0.312 e. The van der Waals surface area contributed by atoms with E-state index >= 15 is 0 Å². The predicted octanol–water partition coefficient (Wildman–Crippen LogP) is 3.45. The van der Waals surface area contributed by atoms with Crippen molar-refractivity contribution >= 4 is 11.8 Å². The van der Waals surface area contributed by atoms with E-state index in [2.05, 4.69) is 47.3 Å². The summed E-state index contributed by atoms with van der Waals surface area (Å²) in [7, 11) is 2.00. The fraction of sp³-hybridized carbons (Fsp3) is 0.375. The molecule has 106 valence electrons. The van der Waals surface area contributed by atoms with Crippen molar-refractivity contribution in [3.8, 4) is 0 Å². The number of benzene rings is 1. The van der Waals surface area contributed by atoms with Crippen LogP contribution in [0.4, 0.5) is 0 Å². The first kappa shape index (κ1) is 15.0. The van der Waals surface area contributed by atoms with E-state index in [0.717, 1.165) is 16.5 Å². The third-order valence-electron chi connectivity index (χ3n) is 3.29. The average molecular weight is 287 g/mol. The molecule has 0 aliphatic heterocycles. The van der Waals surface area contributed by atoms with E-state index in [0.29, 0.717) is 6.04 Å². The first-order chi connectivity index (χ1) is 9.60. The summed E-state index contributed by atoms with van der Waals surface area (Å²) in [6.07, 6.45) is 3.72. The van der Waals surface area contributed by atoms with E-state index < -0.39 is 0 Å². The summed E-state index contributed by atoms with van der Waals surface area (Å²) in [5.41, 5.74) is 5.07. The van der Waals surface area contributed by atoms with Gasteiger partial charge >= 0.3 is 0 Å². The maximum Gasteiger partial charge on any atom is 0.187 e. The largest absolute Gasteiger partial charge is 0.312 e. The number of nitrogens with one attached hydrogen (secondary N) is 1. The van der Waals surface area contributed by atoms with Crippen molar-refractivity contribution < 1.29 is 0 Å². The number of hydrogen-bond donors (Lipinski definition) is 1. The van der Waals surface area contributed by atoms with Crippen molar-refractivity contribution in [3.05, 3.63) is 52.8 Å². The molecule has 0 bridgehead atoms. The lowest BCUT2D eigenvalue weighted by molar-refractivity contribution is 0.656. The second-order valence-corrected chi connectivity index (χ2v) is 6.04. The fourth-order valence-corrected chi connectivity index (χ4v) is 3.07. The third-order valence-corrected chi connectivity index (χ3v) is 4.25. The van der Waals surface area contributed by atoms with Gasteiger partial charge in [0, 0.05) is 24.2 Å². The normalized spacial score (nSPS) is 12.4. The van der Waals surface area contributed by atoms with E-state index in [1.165, 1.54) is 16.7 Å². The molecule has 1 unspecified atom stereocenters. The SMILES string of the molecule is CNC(CSc1ncc(C)cn1)c1ccc(C)cc1C. The Morgan fingerprint density at radius 3 is 2.40 bits per heavy atom. The Hall–Kier alpha value is -1.39. The van der Waals surface area contributed by atoms with Gasteiger partial charge < -0.3 is 5.32 Å². The minimum absolute atomic E-state index is 0.311. The highest BCUT2D eigenvalue weighted by Gasteiger charge is 2.13. The van der Waals surface area contributed by atoms with Crippen molar-refractivity contribution in [2.45, 2.75) is 32.0 Å². The number of rotatable bonds is 5. The van der Waals surface area contributed by atoms with Gasteiger partial charge in [0.1, 0.15) is 0 Å². The zero-order chi connectivity index (χ0) is 14.5. The number of thioether (sulfide) groups is 1. The molecule has 3 nitrogen and oxygen atoms in total. The van der Waals surface area contributed by atoms with Crippen molar-refractivity contribution in [2.75, 3.05) is 12.8 Å². The van der Waals surface area contributed by atoms with Crippen LogP contribution in [-0.2, 0) is 0 Å². The van der Waals surface area contributed by atoms with Gasteiger partial charge in [-0.1, -0.05) is 35.5 Å². The smallest absolute Gasteiger partial charge is 0.187 e. The minimum atomic E-state index is 0.311. The van der Waals surface area contributed by atoms with Crippen LogP contribution in [0.5, 0.6) is 0 Å². The highest BCUT2D eigenvalue weighted by molar-refractivity contribution is 7.99. The van der Waals surface area contributed by atoms with E-state index in [-0.39, 0.29) is 0 Å². The monoisotopic (exact) mass is 287 g/mol. The lowest BCUT2D eigenvalue weighted by atomic mass is 10.0. The van der Waals surface area contributed by atoms with Gasteiger partial charge in [-0.15, -0.1) is 0 Å². The maximum atomic E-state index is 4.34. The van der Waals surface area contributed by atoms with Gasteiger partial charge in [-0.2, -0.15) is 0 Å². The molecular weight excluding hydrogens is 266 g/mol. The molecule has 0 radical (unpaired) electrons. The van der Waals surface area contributed by atoms with Gasteiger partial charge in [0.15, 0.2) is 5.16 Å². The Bertz CT molecular complexity index is 566. The molecule has 0 saturated carbocycles. The molecule has 1 aromatic carbocycles. The van der Waals surface area contributed by atoms with Crippen LogP contribution >= 0.6 is 11.8 Å². The molecule has 4 heteroatoms. The Balaban J connectivity index is 2.07. The van der Waals surface area contributed by atoms with Crippen LogP contribution in [0.2, 0.25) is 0 Å². The van der Waals surface area contributed by atoms with Gasteiger partial charge in [-0.05, 0) is 44.5 Å². The second-order valence-electron chi connectivity index (χ2n) is 5.06. The lowest BCUT2D eigenvalue weighted by Gasteiger charge is -2.18. The van der Waals surface area contributed by atoms with Crippen LogP contribution in [0.25, 0.3) is 0 Å². The van der Waals surface area contributed by atoms with E-state index in [1.807, 2.05) is 26.4 Å². The highest BCUT2D eigenvalue weighted by atomic mass is 32.2. The molecule has 20 heavy (non-hydrogen) atoms. The zero-order valence-electron chi connectivity index (χ0n) is 12.5. The number of aryl methyl sites for hydroxylation is 3. The number of hydrogen-bond acceptors (Lipinski definition) is 4. The third kappa shape index (κ3) is 3.81. The second kappa shape index (κ2) is 6.86. The van der Waals surface area contributed by atoms with Gasteiger partial charge in [-0.25, -0.2) is 9.97 Å². The summed E-state index contributed by atoms with van der Waals surface area (Å²) in [4.78, 5) is 8.68. The Kier molecular flexibility index (Phi) is 5.15. The molecule has 1 aromatic heterocycles. The first-order valence-electron chi connectivity index (χ1n) is 6.76. The summed E-state index contributed by atoms with van der Waals surface area (Å²) in [6, 6.07) is 6.92. The van der Waals surface area contributed by atoms with Crippen molar-refractivity contribution in [1.82, 2.24) is 15.3 Å². The van der Waals surface area contributed by atoms with Gasteiger partial charge in [0.05, 0.1) is 0 Å². The molecule has 2 rings (SSSR count). The standard InChI is InChI=1S/C16H21N3S/c1-11-5-6-14(13(3)7-11)15(17-4)10-20-16-18-8-12(2)9-19-16/h5-9,15,17H,10H2,1-4H3. The molecule has 1 heterocycles. The molecular formula is C16H21N3S. The molecule has 0 saturated heterocycles. The van der Waals surface area contributed by atoms with E-state index in [1.54, 1.807) is 11.8 Å². The summed E-state index contributed by atoms with van der Waals surface area (Å²) < 4.78 is 0. The van der Waals surface area contributed by atoms with Crippen LogP contribution in [0.3, 0.4) is 0 Å². The molecule has 0 amide bonds. The summed E-state index contributed by atoms with van der Waals surface area (Å²) in [5.74, 6) is 0.920. The molecule has 1 atom stereocenters. The van der Waals surface area contributed by atoms with Crippen molar-refractivity contribution in [1.29, 1.82) is 0 Å². The molecule has 0 fully saturated rings. The van der Waals surface area contributed by atoms with Gasteiger partial charge in [0.2, 0.25) is 0 Å². The van der Waals surface area contributed by atoms with Crippen LogP contribution in [0, 0.1) is 20.8 Å². The summed E-state index contributed by atoms with van der Waals surface area (Å²) >= 11 is 1.68. The predicted molar refractivity (Wildman–Crippen MR) is 85.2 cm³/mol. The van der Waals surface area contributed by atoms with E-state index in [9.17, 15) is 0 Å². The van der Waals surface area contributed by atoms with Crippen LogP contribution in [0.15, 0.2) is 35.7 Å². The van der Waals surface area contributed by atoms with Crippen molar-refractivity contribution in [2.24, 2.45) is 0 Å². The van der Waals surface area contributed by atoms with Crippen LogP contribution in [-0.4, -0.2) is 22.8 Å². The van der Waals surface area contributed by atoms with E-state index in [4.69, 9.17) is 0 Å². The number of aromatic nitrogens is 2. The highest BCUT2D eigenvalue weighted by Crippen LogP contribution is 2.24. The quantitative estimate of drug-likeness (QED) is 0.675. The van der Waals surface area contributed by atoms with Gasteiger partial charge in [0.25, 0.3) is 0 Å². The molecule has 2 aromatic rings. The molecule has 1 N–H and O–H groups in total. The van der Waals surface area contributed by atoms with Gasteiger partial charge in [-0.3, -0.25) is 0 Å². The maximum absolute atomic E-state index is 4.34. The Morgan fingerprint density at radius 2 is 1.80 bits per heavy atom. The molecule has 0 spiro atoms. The summed E-state index contributed by atoms with van der Waals surface area (Å²) in [6.45, 7) is 6.29. The lowest BCUT2D eigenvalue weighted by Crippen LogP contribution is -2.20. The van der Waals surface area contributed by atoms with Crippen LogP contribution < -0.4 is 5.32 Å². The van der Waals surface area contributed by atoms with Crippen molar-refractivity contribution in [3.63, 3.8) is 0 Å². The average Bonchev–Trinajstić information content (AvgIpc) is 2.43. The summed E-state index contributed by atoms with van der Waals surface area (Å²) in [5, 5.41) is 4.22. The number of nitrogens with zero attached hydrogens (tertiary/aromatic N) is 2. The Morgan fingerprint density at radius 1 is 1.10 bits per heavy atom. The van der Waals surface area contributed by atoms with Crippen LogP contribution in [0.1, 0.15) is 28.3 Å². The zero-order valence-corrected chi connectivity index (χ0v) is 13.3. The Labute approximate surface area is 125 Å².